The Bertz CT molecular complexity index is 734. The first kappa shape index (κ1) is 11.9. The van der Waals surface area contributed by atoms with Crippen molar-refractivity contribution in [2.75, 3.05) is 0 Å². The molecule has 96 valence electrons. The molecular formula is C15H13FN2O. The van der Waals surface area contributed by atoms with Crippen LogP contribution in [0, 0.1) is 5.82 Å². The van der Waals surface area contributed by atoms with E-state index in [0.29, 0.717) is 11.3 Å². The molecule has 0 unspecified atom stereocenters. The van der Waals surface area contributed by atoms with Gasteiger partial charge in [0.2, 0.25) is 0 Å². The van der Waals surface area contributed by atoms with Crippen LogP contribution in [0.2, 0.25) is 0 Å². The van der Waals surface area contributed by atoms with Crippen molar-refractivity contribution in [3.63, 3.8) is 0 Å². The first-order chi connectivity index (χ1) is 9.18. The summed E-state index contributed by atoms with van der Waals surface area (Å²) in [4.78, 5) is 0. The molecule has 0 aliphatic rings. The number of aliphatic hydroxyl groups excluding tert-OH is 1. The van der Waals surface area contributed by atoms with Crippen molar-refractivity contribution in [2.24, 2.45) is 0 Å². The monoisotopic (exact) mass is 256 g/mol. The van der Waals surface area contributed by atoms with Gasteiger partial charge in [0.15, 0.2) is 0 Å². The minimum absolute atomic E-state index is 0.304. The molecule has 3 aromatic rings. The van der Waals surface area contributed by atoms with Gasteiger partial charge in [-0.15, -0.1) is 0 Å². The number of hydrogen-bond donors (Lipinski definition) is 1. The third-order valence-corrected chi connectivity index (χ3v) is 3.16. The van der Waals surface area contributed by atoms with E-state index in [1.165, 1.54) is 10.7 Å². The Morgan fingerprint density at radius 1 is 1.16 bits per heavy atom. The van der Waals surface area contributed by atoms with Gasteiger partial charge in [0.1, 0.15) is 11.5 Å². The molecule has 3 rings (SSSR count). The van der Waals surface area contributed by atoms with E-state index in [1.807, 2.05) is 24.3 Å². The lowest BCUT2D eigenvalue weighted by molar-refractivity contribution is 0.198. The third-order valence-electron chi connectivity index (χ3n) is 3.16. The first-order valence-electron chi connectivity index (χ1n) is 6.08. The third kappa shape index (κ3) is 1.90. The van der Waals surface area contributed by atoms with Gasteiger partial charge in [0, 0.05) is 10.9 Å². The van der Waals surface area contributed by atoms with Crippen molar-refractivity contribution >= 4 is 10.9 Å². The second-order valence-corrected chi connectivity index (χ2v) is 4.47. The van der Waals surface area contributed by atoms with Crippen LogP contribution in [0.25, 0.3) is 16.6 Å². The highest BCUT2D eigenvalue weighted by atomic mass is 19.1. The van der Waals surface area contributed by atoms with Crippen molar-refractivity contribution < 1.29 is 9.50 Å². The van der Waals surface area contributed by atoms with Gasteiger partial charge in [-0.3, -0.25) is 0 Å². The molecule has 1 aromatic heterocycles. The van der Waals surface area contributed by atoms with Gasteiger partial charge in [-0.05, 0) is 19.1 Å². The predicted molar refractivity (Wildman–Crippen MR) is 71.7 cm³/mol. The quantitative estimate of drug-likeness (QED) is 0.764. The summed E-state index contributed by atoms with van der Waals surface area (Å²) in [6, 6.07) is 12.3. The second-order valence-electron chi connectivity index (χ2n) is 4.47. The summed E-state index contributed by atoms with van der Waals surface area (Å²) >= 11 is 0. The molecule has 1 atom stereocenters. The number of benzene rings is 2. The number of nitrogens with zero attached hydrogens (tertiary/aromatic N) is 2. The van der Waals surface area contributed by atoms with Crippen molar-refractivity contribution in [3.05, 3.63) is 60.0 Å². The van der Waals surface area contributed by atoms with Crippen LogP contribution in [-0.2, 0) is 0 Å². The molecule has 0 radical (unpaired) electrons. The first-order valence-corrected chi connectivity index (χ1v) is 6.08. The van der Waals surface area contributed by atoms with E-state index < -0.39 is 11.9 Å². The summed E-state index contributed by atoms with van der Waals surface area (Å²) in [5.74, 6) is -0.396. The highest BCUT2D eigenvalue weighted by molar-refractivity contribution is 5.80. The number of fused-ring (bicyclic) bond motifs is 1. The molecule has 0 spiro atoms. The zero-order chi connectivity index (χ0) is 13.4. The number of rotatable bonds is 2. The van der Waals surface area contributed by atoms with E-state index >= 15 is 0 Å². The molecular weight excluding hydrogens is 243 g/mol. The number of aromatic nitrogens is 2. The maximum atomic E-state index is 14.1. The lowest BCUT2D eigenvalue weighted by atomic mass is 10.1. The van der Waals surface area contributed by atoms with Crippen molar-refractivity contribution in [3.8, 4) is 5.69 Å². The fourth-order valence-electron chi connectivity index (χ4n) is 2.24. The minimum Gasteiger partial charge on any atom is -0.389 e. The highest BCUT2D eigenvalue weighted by Crippen LogP contribution is 2.27. The zero-order valence-corrected chi connectivity index (χ0v) is 10.4. The summed E-state index contributed by atoms with van der Waals surface area (Å²) in [6.07, 6.45) is 0.932. The zero-order valence-electron chi connectivity index (χ0n) is 10.4. The van der Waals surface area contributed by atoms with Gasteiger partial charge in [-0.2, -0.15) is 5.10 Å². The molecule has 1 N–H and O–H groups in total. The predicted octanol–water partition coefficient (Wildman–Crippen LogP) is 3.22. The van der Waals surface area contributed by atoms with Crippen molar-refractivity contribution in [2.45, 2.75) is 13.0 Å². The maximum absolute atomic E-state index is 14.1. The Hall–Kier alpha value is -2.20. The number of aliphatic hydroxyl groups is 1. The van der Waals surface area contributed by atoms with Gasteiger partial charge in [0.05, 0.1) is 17.8 Å². The fourth-order valence-corrected chi connectivity index (χ4v) is 2.24. The summed E-state index contributed by atoms with van der Waals surface area (Å²) in [6.45, 7) is 1.62. The Labute approximate surface area is 109 Å². The number of hydrogen-bond acceptors (Lipinski definition) is 2. The fraction of sp³-hybridized carbons (Fsp3) is 0.133. The van der Waals surface area contributed by atoms with Crippen LogP contribution >= 0.6 is 0 Å². The molecule has 0 amide bonds. The van der Waals surface area contributed by atoms with E-state index in [2.05, 4.69) is 5.10 Å². The normalized spacial score (nSPS) is 12.8. The van der Waals surface area contributed by atoms with E-state index in [1.54, 1.807) is 25.3 Å². The molecule has 0 saturated carbocycles. The largest absolute Gasteiger partial charge is 0.389 e. The molecule has 3 nitrogen and oxygen atoms in total. The van der Waals surface area contributed by atoms with Crippen molar-refractivity contribution in [1.82, 2.24) is 9.78 Å². The molecule has 4 heteroatoms. The van der Waals surface area contributed by atoms with E-state index in [4.69, 9.17) is 0 Å². The van der Waals surface area contributed by atoms with Gasteiger partial charge < -0.3 is 5.11 Å². The molecule has 2 aromatic carbocycles. The maximum Gasteiger partial charge on any atom is 0.149 e. The number of halogens is 1. The smallest absolute Gasteiger partial charge is 0.149 e. The van der Waals surface area contributed by atoms with E-state index in [9.17, 15) is 9.50 Å². The minimum atomic E-state index is -0.756. The van der Waals surface area contributed by atoms with Crippen LogP contribution in [0.15, 0.2) is 48.7 Å². The van der Waals surface area contributed by atoms with Crippen LogP contribution in [0.5, 0.6) is 0 Å². The van der Waals surface area contributed by atoms with Crippen molar-refractivity contribution in [1.29, 1.82) is 0 Å². The molecule has 0 aliphatic carbocycles. The van der Waals surface area contributed by atoms with Crippen LogP contribution in [0.1, 0.15) is 18.6 Å². The molecule has 0 bridgehead atoms. The van der Waals surface area contributed by atoms with E-state index in [0.717, 1.165) is 10.9 Å². The molecule has 1 heterocycles. The standard InChI is InChI=1S/C15H13FN2O/c1-10(19)12-6-4-7-13(16)15(12)18-14-8-3-2-5-11(14)9-17-18/h2-10,19H,1H3/t10-/m1/s1. The average molecular weight is 256 g/mol. The Balaban J connectivity index is 2.33. The summed E-state index contributed by atoms with van der Waals surface area (Å²) in [5, 5.41) is 15.0. The van der Waals surface area contributed by atoms with E-state index in [-0.39, 0.29) is 0 Å². The molecule has 0 fully saturated rings. The van der Waals surface area contributed by atoms with Crippen LogP contribution in [0.4, 0.5) is 4.39 Å². The molecule has 0 aliphatic heterocycles. The van der Waals surface area contributed by atoms with Gasteiger partial charge in [0.25, 0.3) is 0 Å². The molecule has 19 heavy (non-hydrogen) atoms. The second kappa shape index (κ2) is 4.48. The lowest BCUT2D eigenvalue weighted by Gasteiger charge is -2.13. The SMILES string of the molecule is C[C@@H](O)c1cccc(F)c1-n1ncc2ccccc21. The van der Waals surface area contributed by atoms with Crippen LogP contribution < -0.4 is 0 Å². The van der Waals surface area contributed by atoms with Crippen LogP contribution in [0.3, 0.4) is 0 Å². The summed E-state index contributed by atoms with van der Waals surface area (Å²) in [5.41, 5.74) is 1.64. The highest BCUT2D eigenvalue weighted by Gasteiger charge is 2.16. The Morgan fingerprint density at radius 2 is 1.95 bits per heavy atom. The average Bonchev–Trinajstić information content (AvgIpc) is 2.82. The number of para-hydroxylation sites is 2. The lowest BCUT2D eigenvalue weighted by Crippen LogP contribution is -2.06. The topological polar surface area (TPSA) is 38.0 Å². The van der Waals surface area contributed by atoms with Crippen LogP contribution in [-0.4, -0.2) is 14.9 Å². The summed E-state index contributed by atoms with van der Waals surface area (Å²) in [7, 11) is 0. The van der Waals surface area contributed by atoms with Gasteiger partial charge in [-0.25, -0.2) is 9.07 Å². The van der Waals surface area contributed by atoms with Gasteiger partial charge >= 0.3 is 0 Å². The summed E-state index contributed by atoms with van der Waals surface area (Å²) < 4.78 is 15.7. The Kier molecular flexibility index (Phi) is 2.80. The van der Waals surface area contributed by atoms with Gasteiger partial charge in [-0.1, -0.05) is 30.3 Å². The molecule has 0 saturated heterocycles. The Morgan fingerprint density at radius 3 is 2.74 bits per heavy atom.